The molecule has 2 aliphatic rings. The average molecular weight is 408 g/mol. The first-order valence-corrected chi connectivity index (χ1v) is 11.5. The summed E-state index contributed by atoms with van der Waals surface area (Å²) >= 11 is 0. The maximum absolute atomic E-state index is 13.1. The summed E-state index contributed by atoms with van der Waals surface area (Å²) in [6.07, 6.45) is 4.49. The molecule has 1 aromatic carbocycles. The van der Waals surface area contributed by atoms with Gasteiger partial charge in [-0.3, -0.25) is 4.79 Å². The summed E-state index contributed by atoms with van der Waals surface area (Å²) in [5, 5.41) is 3.07. The molecule has 1 N–H and O–H groups in total. The van der Waals surface area contributed by atoms with E-state index in [1.54, 1.807) is 7.11 Å². The van der Waals surface area contributed by atoms with Crippen LogP contribution in [-0.4, -0.2) is 39.3 Å². The van der Waals surface area contributed by atoms with Gasteiger partial charge in [0, 0.05) is 7.11 Å². The Hall–Kier alpha value is -1.86. The maximum atomic E-state index is 13.1. The van der Waals surface area contributed by atoms with Crippen molar-refractivity contribution in [3.63, 3.8) is 0 Å². The number of methoxy groups -OCH3 is 1. The molecule has 1 saturated carbocycles. The Labute approximate surface area is 167 Å². The predicted molar refractivity (Wildman–Crippen MR) is 108 cm³/mol. The predicted octanol–water partition coefficient (Wildman–Crippen LogP) is 3.01. The molecule has 1 aromatic rings. The Morgan fingerprint density at radius 2 is 1.86 bits per heavy atom. The number of carbonyl (C=O) groups is 1. The zero-order chi connectivity index (χ0) is 20.7. The normalized spacial score (nSPS) is 25.3. The van der Waals surface area contributed by atoms with Crippen LogP contribution in [0.2, 0.25) is 0 Å². The van der Waals surface area contributed by atoms with Gasteiger partial charge in [-0.25, -0.2) is 0 Å². The van der Waals surface area contributed by atoms with E-state index in [-0.39, 0.29) is 17.8 Å². The van der Waals surface area contributed by atoms with E-state index < -0.39 is 15.7 Å². The number of hydrogen-bond donors (Lipinski definition) is 1. The number of rotatable bonds is 5. The molecule has 28 heavy (non-hydrogen) atoms. The summed E-state index contributed by atoms with van der Waals surface area (Å²) in [7, 11) is -2.11. The highest BCUT2D eigenvalue weighted by atomic mass is 32.2. The topological polar surface area (TPSA) is 81.7 Å². The molecule has 1 heterocycles. The monoisotopic (exact) mass is 407 g/mol. The van der Waals surface area contributed by atoms with Crippen molar-refractivity contribution in [3.8, 4) is 0 Å². The van der Waals surface area contributed by atoms with Gasteiger partial charge in [-0.2, -0.15) is 8.42 Å². The van der Waals surface area contributed by atoms with Gasteiger partial charge in [0.2, 0.25) is 0 Å². The third-order valence-corrected chi connectivity index (χ3v) is 6.26. The molecule has 1 fully saturated rings. The van der Waals surface area contributed by atoms with Crippen molar-refractivity contribution in [2.24, 2.45) is 0 Å². The lowest BCUT2D eigenvalue weighted by Crippen LogP contribution is -2.49. The van der Waals surface area contributed by atoms with Crippen LogP contribution in [0.1, 0.15) is 54.9 Å². The standard InChI is InChI=1S/C21H29NO5S/c1-6-15-12-13(2)11-14(3)17(15)18-19(27-28(5,24)25)21(22-20(18)23)9-7-16(26-4)8-10-21/h11-12,16H,6-10H2,1-5H3,(H,22,23). The Balaban J connectivity index is 2.22. The molecule has 1 aliphatic heterocycles. The van der Waals surface area contributed by atoms with Gasteiger partial charge in [-0.15, -0.1) is 0 Å². The summed E-state index contributed by atoms with van der Waals surface area (Å²) < 4.78 is 35.1. The van der Waals surface area contributed by atoms with Gasteiger partial charge in [0.15, 0.2) is 5.76 Å². The van der Waals surface area contributed by atoms with Crippen LogP contribution in [0.5, 0.6) is 0 Å². The van der Waals surface area contributed by atoms with Crippen LogP contribution in [0.15, 0.2) is 17.9 Å². The molecule has 0 radical (unpaired) electrons. The quantitative estimate of drug-likeness (QED) is 0.759. The van der Waals surface area contributed by atoms with Crippen molar-refractivity contribution in [1.29, 1.82) is 0 Å². The fourth-order valence-corrected chi connectivity index (χ4v) is 5.09. The summed E-state index contributed by atoms with van der Waals surface area (Å²) in [6, 6.07) is 4.06. The molecule has 1 aliphatic carbocycles. The van der Waals surface area contributed by atoms with Gasteiger partial charge in [0.05, 0.1) is 17.9 Å². The van der Waals surface area contributed by atoms with Crippen molar-refractivity contribution in [2.45, 2.75) is 64.5 Å². The van der Waals surface area contributed by atoms with E-state index in [0.29, 0.717) is 18.4 Å². The zero-order valence-electron chi connectivity index (χ0n) is 17.2. The molecule has 0 saturated heterocycles. The third kappa shape index (κ3) is 3.82. The molecule has 0 aromatic heterocycles. The molecule has 3 rings (SSSR count). The summed E-state index contributed by atoms with van der Waals surface area (Å²) in [5.41, 5.74) is 3.41. The molecule has 0 bridgehead atoms. The third-order valence-electron chi connectivity index (χ3n) is 5.79. The molecular weight excluding hydrogens is 378 g/mol. The van der Waals surface area contributed by atoms with Gasteiger partial charge in [-0.05, 0) is 62.6 Å². The minimum absolute atomic E-state index is 0.110. The Bertz CT molecular complexity index is 924. The molecular formula is C21H29NO5S. The van der Waals surface area contributed by atoms with Crippen LogP contribution in [-0.2, 0) is 30.3 Å². The van der Waals surface area contributed by atoms with E-state index >= 15 is 0 Å². The van der Waals surface area contributed by atoms with Gasteiger partial charge in [-0.1, -0.05) is 24.6 Å². The van der Waals surface area contributed by atoms with Gasteiger partial charge >= 0.3 is 10.1 Å². The molecule has 6 nitrogen and oxygen atoms in total. The SMILES string of the molecule is CCc1cc(C)cc(C)c1C1=C(OS(C)(=O)=O)C2(CCC(OC)CC2)NC1=O. The molecule has 1 spiro atoms. The maximum Gasteiger partial charge on any atom is 0.306 e. The van der Waals surface area contributed by atoms with E-state index in [2.05, 4.69) is 5.32 Å². The number of hydrogen-bond acceptors (Lipinski definition) is 5. The Morgan fingerprint density at radius 3 is 2.39 bits per heavy atom. The van der Waals surface area contributed by atoms with Crippen molar-refractivity contribution < 1.29 is 22.1 Å². The van der Waals surface area contributed by atoms with Crippen LogP contribution in [0.25, 0.3) is 5.57 Å². The molecule has 154 valence electrons. The highest BCUT2D eigenvalue weighted by Crippen LogP contribution is 2.45. The number of amides is 1. The van der Waals surface area contributed by atoms with Crippen LogP contribution >= 0.6 is 0 Å². The Morgan fingerprint density at radius 1 is 1.21 bits per heavy atom. The van der Waals surface area contributed by atoms with E-state index in [4.69, 9.17) is 8.92 Å². The lowest BCUT2D eigenvalue weighted by molar-refractivity contribution is -0.116. The summed E-state index contributed by atoms with van der Waals surface area (Å²) in [4.78, 5) is 13.1. The first-order chi connectivity index (χ1) is 13.1. The first-order valence-electron chi connectivity index (χ1n) is 9.70. The number of carbonyl (C=O) groups excluding carboxylic acids is 1. The van der Waals surface area contributed by atoms with Crippen molar-refractivity contribution >= 4 is 21.6 Å². The minimum atomic E-state index is -3.79. The van der Waals surface area contributed by atoms with E-state index in [9.17, 15) is 13.2 Å². The van der Waals surface area contributed by atoms with Crippen LogP contribution < -0.4 is 5.32 Å². The number of aryl methyl sites for hydroxylation is 3. The summed E-state index contributed by atoms with van der Waals surface area (Å²) in [6.45, 7) is 5.99. The zero-order valence-corrected chi connectivity index (χ0v) is 18.0. The molecule has 0 atom stereocenters. The molecule has 1 amide bonds. The largest absolute Gasteiger partial charge is 0.384 e. The lowest BCUT2D eigenvalue weighted by atomic mass is 9.79. The van der Waals surface area contributed by atoms with E-state index in [1.165, 1.54) is 0 Å². The molecule has 7 heteroatoms. The second-order valence-corrected chi connectivity index (χ2v) is 9.51. The van der Waals surface area contributed by atoms with E-state index in [1.807, 2.05) is 32.9 Å². The van der Waals surface area contributed by atoms with Gasteiger partial charge in [0.1, 0.15) is 5.54 Å². The van der Waals surface area contributed by atoms with Crippen molar-refractivity contribution in [1.82, 2.24) is 5.32 Å². The number of ether oxygens (including phenoxy) is 1. The van der Waals surface area contributed by atoms with Crippen LogP contribution in [0.3, 0.4) is 0 Å². The average Bonchev–Trinajstić information content (AvgIpc) is 2.85. The Kier molecular flexibility index (Phi) is 5.60. The highest BCUT2D eigenvalue weighted by Gasteiger charge is 2.50. The van der Waals surface area contributed by atoms with Gasteiger partial charge < -0.3 is 14.2 Å². The first kappa shape index (κ1) is 20.9. The number of nitrogens with one attached hydrogen (secondary N) is 1. The summed E-state index contributed by atoms with van der Waals surface area (Å²) in [5.74, 6) is -0.0209. The van der Waals surface area contributed by atoms with Crippen LogP contribution in [0, 0.1) is 13.8 Å². The van der Waals surface area contributed by atoms with Crippen molar-refractivity contribution in [2.75, 3.05) is 13.4 Å². The fraction of sp³-hybridized carbons (Fsp3) is 0.571. The molecule has 0 unspecified atom stereocenters. The second kappa shape index (κ2) is 7.52. The second-order valence-electron chi connectivity index (χ2n) is 7.93. The highest BCUT2D eigenvalue weighted by molar-refractivity contribution is 7.86. The van der Waals surface area contributed by atoms with E-state index in [0.717, 1.165) is 47.8 Å². The number of benzene rings is 1. The minimum Gasteiger partial charge on any atom is -0.384 e. The van der Waals surface area contributed by atoms with Crippen LogP contribution in [0.4, 0.5) is 0 Å². The fourth-order valence-electron chi connectivity index (χ4n) is 4.54. The van der Waals surface area contributed by atoms with Crippen molar-refractivity contribution in [3.05, 3.63) is 40.1 Å². The smallest absolute Gasteiger partial charge is 0.306 e. The lowest BCUT2D eigenvalue weighted by Gasteiger charge is -2.37. The van der Waals surface area contributed by atoms with Gasteiger partial charge in [0.25, 0.3) is 5.91 Å².